The number of esters is 1. The van der Waals surface area contributed by atoms with Crippen LogP contribution in [0.25, 0.3) is 0 Å². The van der Waals surface area contributed by atoms with Crippen LogP contribution in [0.15, 0.2) is 27.1 Å². The van der Waals surface area contributed by atoms with E-state index < -0.39 is 16.0 Å². The number of carbonyl (C=O) groups excluding carboxylic acids is 1. The number of hydrogen-bond donors (Lipinski definition) is 1. The molecule has 2 aromatic heterocycles. The smallest absolute Gasteiger partial charge is 0.349 e. The average Bonchev–Trinajstić information content (AvgIpc) is 2.97. The van der Waals surface area contributed by atoms with Gasteiger partial charge in [-0.1, -0.05) is 0 Å². The Morgan fingerprint density at radius 1 is 1.37 bits per heavy atom. The zero-order valence-corrected chi connectivity index (χ0v) is 12.6. The molecule has 0 radical (unpaired) electrons. The molecular formula is C11H11NO4S3. The van der Waals surface area contributed by atoms with Gasteiger partial charge < -0.3 is 4.74 Å². The second kappa shape index (κ2) is 5.32. The minimum atomic E-state index is -3.79. The van der Waals surface area contributed by atoms with E-state index in [1.165, 1.54) is 18.4 Å². The van der Waals surface area contributed by atoms with Crippen LogP contribution in [0.2, 0.25) is 0 Å². The third kappa shape index (κ3) is 2.80. The van der Waals surface area contributed by atoms with Gasteiger partial charge in [-0.15, -0.1) is 11.3 Å². The predicted octanol–water partition coefficient (Wildman–Crippen LogP) is 2.71. The molecule has 0 amide bonds. The summed E-state index contributed by atoms with van der Waals surface area (Å²) in [5.74, 6) is -0.649. The Kier molecular flexibility index (Phi) is 3.93. The lowest BCUT2D eigenvalue weighted by molar-refractivity contribution is 0.0602. The topological polar surface area (TPSA) is 72.5 Å². The van der Waals surface area contributed by atoms with Gasteiger partial charge >= 0.3 is 5.97 Å². The summed E-state index contributed by atoms with van der Waals surface area (Å²) in [6.07, 6.45) is 0. The Labute approximate surface area is 118 Å². The average molecular weight is 317 g/mol. The number of carbonyl (C=O) groups is 1. The number of anilines is 1. The van der Waals surface area contributed by atoms with Crippen molar-refractivity contribution in [3.8, 4) is 0 Å². The minimum absolute atomic E-state index is 0.0180. The van der Waals surface area contributed by atoms with Crippen LogP contribution in [0, 0.1) is 6.92 Å². The molecule has 0 aliphatic carbocycles. The molecule has 1 N–H and O–H groups in total. The van der Waals surface area contributed by atoms with Gasteiger partial charge in [-0.3, -0.25) is 4.72 Å². The van der Waals surface area contributed by atoms with E-state index in [4.69, 9.17) is 0 Å². The number of rotatable bonds is 4. The summed E-state index contributed by atoms with van der Waals surface area (Å²) in [6.45, 7) is 1.64. The molecule has 0 unspecified atom stereocenters. The van der Waals surface area contributed by atoms with Crippen molar-refractivity contribution in [2.45, 2.75) is 11.8 Å². The summed E-state index contributed by atoms with van der Waals surface area (Å²) in [7, 11) is -2.57. The van der Waals surface area contributed by atoms with Gasteiger partial charge in [0, 0.05) is 5.38 Å². The molecule has 0 fully saturated rings. The molecule has 2 heterocycles. The first-order valence-electron chi connectivity index (χ1n) is 5.17. The Morgan fingerprint density at radius 2 is 2.11 bits per heavy atom. The summed E-state index contributed by atoms with van der Waals surface area (Å²) in [4.78, 5) is 11.7. The summed E-state index contributed by atoms with van der Waals surface area (Å²) >= 11 is 2.44. The number of thiophene rings is 2. The highest BCUT2D eigenvalue weighted by molar-refractivity contribution is 7.93. The van der Waals surface area contributed by atoms with E-state index in [0.29, 0.717) is 11.3 Å². The van der Waals surface area contributed by atoms with Crippen molar-refractivity contribution in [2.24, 2.45) is 0 Å². The second-order valence-electron chi connectivity index (χ2n) is 3.69. The van der Waals surface area contributed by atoms with Crippen molar-refractivity contribution in [1.29, 1.82) is 0 Å². The molecule has 0 saturated heterocycles. The van der Waals surface area contributed by atoms with Crippen LogP contribution in [-0.2, 0) is 14.8 Å². The number of nitrogens with one attached hydrogen (secondary N) is 1. The normalized spacial score (nSPS) is 11.3. The van der Waals surface area contributed by atoms with Gasteiger partial charge in [0.1, 0.15) is 9.77 Å². The fourth-order valence-electron chi connectivity index (χ4n) is 1.53. The molecule has 8 heteroatoms. The van der Waals surface area contributed by atoms with Gasteiger partial charge in [0.25, 0.3) is 10.0 Å². The lowest BCUT2D eigenvalue weighted by Gasteiger charge is -2.07. The number of methoxy groups -OCH3 is 1. The number of sulfonamides is 1. The van der Waals surface area contributed by atoms with Gasteiger partial charge in [0.2, 0.25) is 0 Å². The van der Waals surface area contributed by atoms with Crippen molar-refractivity contribution in [2.75, 3.05) is 11.8 Å². The Hall–Kier alpha value is -1.38. The van der Waals surface area contributed by atoms with Gasteiger partial charge in [0.15, 0.2) is 0 Å². The molecular weight excluding hydrogens is 306 g/mol. The van der Waals surface area contributed by atoms with E-state index in [-0.39, 0.29) is 9.77 Å². The maximum atomic E-state index is 12.3. The summed E-state index contributed by atoms with van der Waals surface area (Å²) in [6, 6.07) is 1.65. The zero-order chi connectivity index (χ0) is 14.0. The van der Waals surface area contributed by atoms with E-state index in [1.807, 2.05) is 0 Å². The van der Waals surface area contributed by atoms with E-state index in [2.05, 4.69) is 9.46 Å². The second-order valence-corrected chi connectivity index (χ2v) is 6.97. The Bertz CT molecular complexity index is 686. The number of ether oxygens (including phenoxy) is 1. The Morgan fingerprint density at radius 3 is 2.68 bits per heavy atom. The number of aryl methyl sites for hydroxylation is 1. The van der Waals surface area contributed by atoms with Gasteiger partial charge in [0.05, 0.1) is 12.8 Å². The lowest BCUT2D eigenvalue weighted by atomic mass is 10.3. The van der Waals surface area contributed by atoms with Crippen LogP contribution in [0.3, 0.4) is 0 Å². The van der Waals surface area contributed by atoms with E-state index in [9.17, 15) is 13.2 Å². The van der Waals surface area contributed by atoms with Gasteiger partial charge in [-0.05, 0) is 29.3 Å². The highest BCUT2D eigenvalue weighted by Crippen LogP contribution is 2.29. The summed E-state index contributed by atoms with van der Waals surface area (Å²) in [5, 5.41) is 5.06. The standard InChI is InChI=1S/C11H11NO4S3/c1-7-5-18-9(11(13)16-2)10(7)19(14,15)12-8-3-4-17-6-8/h3-6,12H,1-2H3. The highest BCUT2D eigenvalue weighted by atomic mass is 32.2. The first-order chi connectivity index (χ1) is 8.95. The fraction of sp³-hybridized carbons (Fsp3) is 0.182. The van der Waals surface area contributed by atoms with Crippen molar-refractivity contribution in [1.82, 2.24) is 0 Å². The maximum Gasteiger partial charge on any atom is 0.349 e. The molecule has 19 heavy (non-hydrogen) atoms. The predicted molar refractivity (Wildman–Crippen MR) is 75.5 cm³/mol. The molecule has 0 aliphatic rings. The van der Waals surface area contributed by atoms with Gasteiger partial charge in [-0.2, -0.15) is 11.3 Å². The van der Waals surface area contributed by atoms with E-state index in [1.54, 1.807) is 29.1 Å². The van der Waals surface area contributed by atoms with Crippen LogP contribution >= 0.6 is 22.7 Å². The first-order valence-corrected chi connectivity index (χ1v) is 8.47. The molecule has 0 spiro atoms. The third-order valence-corrected chi connectivity index (χ3v) is 5.79. The van der Waals surface area contributed by atoms with Crippen LogP contribution in [0.5, 0.6) is 0 Å². The van der Waals surface area contributed by atoms with E-state index >= 15 is 0 Å². The lowest BCUT2D eigenvalue weighted by Crippen LogP contribution is -2.16. The molecule has 0 atom stereocenters. The van der Waals surface area contributed by atoms with Crippen molar-refractivity contribution >= 4 is 44.4 Å². The summed E-state index contributed by atoms with van der Waals surface area (Å²) < 4.78 is 31.7. The van der Waals surface area contributed by atoms with Gasteiger partial charge in [-0.25, -0.2) is 13.2 Å². The van der Waals surface area contributed by atoms with Crippen molar-refractivity contribution < 1.29 is 17.9 Å². The maximum absolute atomic E-state index is 12.3. The fourth-order valence-corrected chi connectivity index (χ4v) is 4.95. The molecule has 0 aromatic carbocycles. The molecule has 2 aromatic rings. The first kappa shape index (κ1) is 14.0. The Balaban J connectivity index is 2.46. The van der Waals surface area contributed by atoms with Crippen LogP contribution in [0.1, 0.15) is 15.2 Å². The number of hydrogen-bond acceptors (Lipinski definition) is 6. The van der Waals surface area contributed by atoms with Crippen molar-refractivity contribution in [3.63, 3.8) is 0 Å². The molecule has 0 saturated carbocycles. The molecule has 2 rings (SSSR count). The van der Waals surface area contributed by atoms with Crippen LogP contribution < -0.4 is 4.72 Å². The largest absolute Gasteiger partial charge is 0.465 e. The molecule has 102 valence electrons. The quantitative estimate of drug-likeness (QED) is 0.880. The molecule has 0 bridgehead atoms. The monoisotopic (exact) mass is 317 g/mol. The highest BCUT2D eigenvalue weighted by Gasteiger charge is 2.27. The minimum Gasteiger partial charge on any atom is -0.465 e. The molecule has 0 aliphatic heterocycles. The SMILES string of the molecule is COC(=O)c1scc(C)c1S(=O)(=O)Nc1ccsc1. The van der Waals surface area contributed by atoms with Crippen molar-refractivity contribution in [3.05, 3.63) is 32.6 Å². The third-order valence-electron chi connectivity index (χ3n) is 2.33. The molecule has 5 nitrogen and oxygen atoms in total. The van der Waals surface area contributed by atoms with Crippen LogP contribution in [-0.4, -0.2) is 21.5 Å². The summed E-state index contributed by atoms with van der Waals surface area (Å²) in [5.41, 5.74) is 1.000. The zero-order valence-electron chi connectivity index (χ0n) is 10.2. The van der Waals surface area contributed by atoms with Crippen LogP contribution in [0.4, 0.5) is 5.69 Å². The van der Waals surface area contributed by atoms with E-state index in [0.717, 1.165) is 11.3 Å².